The number of aromatic nitrogens is 2. The Morgan fingerprint density at radius 2 is 2.00 bits per heavy atom. The van der Waals surface area contributed by atoms with E-state index in [4.69, 9.17) is 22.1 Å². The number of nitrogens with two attached hydrogens (primary N) is 1. The molecule has 0 saturated carbocycles. The molecule has 0 unspecified atom stereocenters. The summed E-state index contributed by atoms with van der Waals surface area (Å²) in [5.41, 5.74) is 6.80. The molecule has 0 radical (unpaired) electrons. The lowest BCUT2D eigenvalue weighted by Gasteiger charge is -2.08. The number of nitrogen functional groups attached to an aromatic ring is 1. The second kappa shape index (κ2) is 6.24. The average molecular weight is 279 g/mol. The summed E-state index contributed by atoms with van der Waals surface area (Å²) in [7, 11) is 1.65. The summed E-state index contributed by atoms with van der Waals surface area (Å²) < 4.78 is 5.11. The van der Waals surface area contributed by atoms with Gasteiger partial charge in [0.25, 0.3) is 0 Å². The molecular weight excluding hydrogens is 264 g/mol. The molecule has 1 heterocycles. The van der Waals surface area contributed by atoms with E-state index < -0.39 is 0 Å². The van der Waals surface area contributed by atoms with Gasteiger partial charge >= 0.3 is 0 Å². The van der Waals surface area contributed by atoms with Crippen LogP contribution in [0.4, 0.5) is 11.6 Å². The maximum Gasteiger partial charge on any atom is 0.150 e. The predicted octanol–water partition coefficient (Wildman–Crippen LogP) is 2.38. The molecule has 1 aromatic heterocycles. The number of nitrogens with zero attached hydrogens (tertiary/aromatic N) is 2. The Morgan fingerprint density at radius 1 is 1.26 bits per heavy atom. The molecular formula is C13H15ClN4O. The number of benzene rings is 1. The van der Waals surface area contributed by atoms with Crippen molar-refractivity contribution < 1.29 is 4.74 Å². The van der Waals surface area contributed by atoms with Crippen LogP contribution in [-0.2, 0) is 6.42 Å². The minimum Gasteiger partial charge on any atom is -0.497 e. The number of halogens is 1. The molecule has 2 aromatic rings. The van der Waals surface area contributed by atoms with E-state index in [2.05, 4.69) is 15.3 Å². The van der Waals surface area contributed by atoms with E-state index in [-0.39, 0.29) is 5.82 Å². The molecule has 0 amide bonds. The molecule has 2 rings (SSSR count). The van der Waals surface area contributed by atoms with E-state index in [0.29, 0.717) is 17.4 Å². The molecule has 1 aromatic carbocycles. The second-order valence-corrected chi connectivity index (χ2v) is 4.32. The first-order chi connectivity index (χ1) is 9.20. The summed E-state index contributed by atoms with van der Waals surface area (Å²) >= 11 is 5.99. The molecule has 0 aliphatic heterocycles. The van der Waals surface area contributed by atoms with Crippen LogP contribution in [0, 0.1) is 0 Å². The molecule has 0 aliphatic carbocycles. The van der Waals surface area contributed by atoms with Crippen LogP contribution in [0.1, 0.15) is 5.56 Å². The quantitative estimate of drug-likeness (QED) is 0.878. The summed E-state index contributed by atoms with van der Waals surface area (Å²) in [6, 6.07) is 7.92. The largest absolute Gasteiger partial charge is 0.497 e. The van der Waals surface area contributed by atoms with Crippen molar-refractivity contribution in [2.24, 2.45) is 0 Å². The SMILES string of the molecule is COc1ccc(CCNc2ncnc(N)c2Cl)cc1. The zero-order chi connectivity index (χ0) is 13.7. The number of hydrogen-bond donors (Lipinski definition) is 2. The zero-order valence-corrected chi connectivity index (χ0v) is 11.3. The highest BCUT2D eigenvalue weighted by Crippen LogP contribution is 2.23. The van der Waals surface area contributed by atoms with Crippen molar-refractivity contribution in [2.45, 2.75) is 6.42 Å². The van der Waals surface area contributed by atoms with Gasteiger partial charge in [0.15, 0.2) is 0 Å². The number of rotatable bonds is 5. The Kier molecular flexibility index (Phi) is 4.41. The van der Waals surface area contributed by atoms with Crippen LogP contribution < -0.4 is 15.8 Å². The highest BCUT2D eigenvalue weighted by Gasteiger charge is 2.05. The average Bonchev–Trinajstić information content (AvgIpc) is 2.44. The molecule has 0 atom stereocenters. The van der Waals surface area contributed by atoms with Crippen LogP contribution in [0.25, 0.3) is 0 Å². The van der Waals surface area contributed by atoms with Crippen molar-refractivity contribution >= 4 is 23.2 Å². The molecule has 6 heteroatoms. The van der Waals surface area contributed by atoms with E-state index in [9.17, 15) is 0 Å². The molecule has 100 valence electrons. The van der Waals surface area contributed by atoms with Gasteiger partial charge in [0, 0.05) is 6.54 Å². The zero-order valence-electron chi connectivity index (χ0n) is 10.6. The van der Waals surface area contributed by atoms with Gasteiger partial charge in [-0.05, 0) is 24.1 Å². The van der Waals surface area contributed by atoms with Gasteiger partial charge in [0.05, 0.1) is 7.11 Å². The Hall–Kier alpha value is -2.01. The molecule has 3 N–H and O–H groups in total. The fourth-order valence-corrected chi connectivity index (χ4v) is 1.79. The van der Waals surface area contributed by atoms with Gasteiger partial charge in [0.2, 0.25) is 0 Å². The van der Waals surface area contributed by atoms with Crippen molar-refractivity contribution in [1.82, 2.24) is 9.97 Å². The minimum atomic E-state index is 0.281. The fraction of sp³-hybridized carbons (Fsp3) is 0.231. The molecule has 19 heavy (non-hydrogen) atoms. The van der Waals surface area contributed by atoms with Crippen LogP contribution in [0.5, 0.6) is 5.75 Å². The van der Waals surface area contributed by atoms with E-state index in [1.807, 2.05) is 24.3 Å². The standard InChI is InChI=1S/C13H15ClN4O/c1-19-10-4-2-9(3-5-10)6-7-16-13-11(14)12(15)17-8-18-13/h2-5,8H,6-7H2,1H3,(H3,15,16,17,18). The van der Waals surface area contributed by atoms with Crippen molar-refractivity contribution in [1.29, 1.82) is 0 Å². The maximum atomic E-state index is 5.99. The van der Waals surface area contributed by atoms with E-state index in [1.165, 1.54) is 11.9 Å². The first-order valence-corrected chi connectivity index (χ1v) is 6.21. The predicted molar refractivity (Wildman–Crippen MR) is 76.6 cm³/mol. The molecule has 0 fully saturated rings. The van der Waals surface area contributed by atoms with Crippen LogP contribution >= 0.6 is 11.6 Å². The molecule has 5 nitrogen and oxygen atoms in total. The third-order valence-electron chi connectivity index (χ3n) is 2.68. The normalized spacial score (nSPS) is 10.2. The third-order valence-corrected chi connectivity index (χ3v) is 3.05. The lowest BCUT2D eigenvalue weighted by Crippen LogP contribution is -2.08. The molecule has 0 spiro atoms. The van der Waals surface area contributed by atoms with Crippen molar-refractivity contribution in [2.75, 3.05) is 24.7 Å². The minimum absolute atomic E-state index is 0.281. The van der Waals surface area contributed by atoms with Crippen molar-refractivity contribution in [3.8, 4) is 5.75 Å². The summed E-state index contributed by atoms with van der Waals surface area (Å²) in [6.45, 7) is 0.711. The van der Waals surface area contributed by atoms with Gasteiger partial charge in [0.1, 0.15) is 28.7 Å². The summed E-state index contributed by atoms with van der Waals surface area (Å²) in [6.07, 6.45) is 2.24. The Bertz CT molecular complexity index is 545. The van der Waals surface area contributed by atoms with E-state index in [1.54, 1.807) is 7.11 Å². The van der Waals surface area contributed by atoms with Crippen LogP contribution in [0.2, 0.25) is 5.02 Å². The topological polar surface area (TPSA) is 73.1 Å². The monoisotopic (exact) mass is 278 g/mol. The number of nitrogens with one attached hydrogen (secondary N) is 1. The number of methoxy groups -OCH3 is 1. The Balaban J connectivity index is 1.90. The third kappa shape index (κ3) is 3.48. The lowest BCUT2D eigenvalue weighted by atomic mass is 10.1. The molecule has 0 aliphatic rings. The second-order valence-electron chi connectivity index (χ2n) is 3.95. The van der Waals surface area contributed by atoms with Gasteiger partial charge in [-0.2, -0.15) is 0 Å². The van der Waals surface area contributed by atoms with Gasteiger partial charge in [-0.1, -0.05) is 23.7 Å². The highest BCUT2D eigenvalue weighted by atomic mass is 35.5. The van der Waals surface area contributed by atoms with Crippen molar-refractivity contribution in [3.63, 3.8) is 0 Å². The first kappa shape index (κ1) is 13.4. The number of hydrogen-bond acceptors (Lipinski definition) is 5. The smallest absolute Gasteiger partial charge is 0.150 e. The van der Waals surface area contributed by atoms with Crippen molar-refractivity contribution in [3.05, 3.63) is 41.2 Å². The van der Waals surface area contributed by atoms with E-state index >= 15 is 0 Å². The van der Waals surface area contributed by atoms with Gasteiger partial charge in [-0.25, -0.2) is 9.97 Å². The molecule has 0 bridgehead atoms. The highest BCUT2D eigenvalue weighted by molar-refractivity contribution is 6.35. The van der Waals surface area contributed by atoms with Gasteiger partial charge in [-0.3, -0.25) is 0 Å². The van der Waals surface area contributed by atoms with Gasteiger partial charge < -0.3 is 15.8 Å². The maximum absolute atomic E-state index is 5.99. The molecule has 0 saturated heterocycles. The summed E-state index contributed by atoms with van der Waals surface area (Å²) in [4.78, 5) is 7.85. The van der Waals surface area contributed by atoms with Gasteiger partial charge in [-0.15, -0.1) is 0 Å². The van der Waals surface area contributed by atoms with Crippen LogP contribution in [0.15, 0.2) is 30.6 Å². The number of anilines is 2. The van der Waals surface area contributed by atoms with Crippen LogP contribution in [0.3, 0.4) is 0 Å². The number of ether oxygens (including phenoxy) is 1. The van der Waals surface area contributed by atoms with Crippen LogP contribution in [-0.4, -0.2) is 23.6 Å². The van der Waals surface area contributed by atoms with E-state index in [0.717, 1.165) is 12.2 Å². The Morgan fingerprint density at radius 3 is 2.68 bits per heavy atom. The summed E-state index contributed by atoms with van der Waals surface area (Å²) in [5, 5.41) is 3.50. The lowest BCUT2D eigenvalue weighted by molar-refractivity contribution is 0.414. The summed E-state index contributed by atoms with van der Waals surface area (Å²) in [5.74, 6) is 1.69. The fourth-order valence-electron chi connectivity index (χ4n) is 1.62. The Labute approximate surface area is 116 Å². The first-order valence-electron chi connectivity index (χ1n) is 5.83.